The summed E-state index contributed by atoms with van der Waals surface area (Å²) in [7, 11) is 0. The van der Waals surface area contributed by atoms with Gasteiger partial charge in [-0.1, -0.05) is 20.8 Å². The minimum atomic E-state index is -0.356. The van der Waals surface area contributed by atoms with Crippen LogP contribution >= 0.6 is 0 Å². The second-order valence-electron chi connectivity index (χ2n) is 6.98. The lowest BCUT2D eigenvalue weighted by Gasteiger charge is -2.35. The van der Waals surface area contributed by atoms with Crippen LogP contribution in [0.25, 0.3) is 11.0 Å². The van der Waals surface area contributed by atoms with E-state index in [1.54, 1.807) is 12.5 Å². The predicted octanol–water partition coefficient (Wildman–Crippen LogP) is 2.96. The highest BCUT2D eigenvalue weighted by Crippen LogP contribution is 2.27. The minimum absolute atomic E-state index is 0.105. The molecule has 5 heteroatoms. The maximum atomic E-state index is 12.2. The lowest BCUT2D eigenvalue weighted by Crippen LogP contribution is -2.50. The van der Waals surface area contributed by atoms with Crippen molar-refractivity contribution in [2.24, 2.45) is 5.41 Å². The summed E-state index contributed by atoms with van der Waals surface area (Å²) in [6.45, 7) is 7.57. The molecule has 118 valence electrons. The summed E-state index contributed by atoms with van der Waals surface area (Å²) in [6, 6.07) is 4.00. The first kappa shape index (κ1) is 14.9. The standard InChI is InChI=1S/C17H23N3O2/c1-17(2,3)16(21)19-12-5-4-9-20(11-12)15-13-7-10-22-14(13)6-8-18-15/h6-8,10,12H,4-5,9,11H2,1-3H3,(H,19,21). The maximum Gasteiger partial charge on any atom is 0.225 e. The van der Waals surface area contributed by atoms with Crippen LogP contribution in [0.3, 0.4) is 0 Å². The third-order valence-electron chi connectivity index (χ3n) is 4.10. The zero-order chi connectivity index (χ0) is 15.7. The molecule has 1 N–H and O–H groups in total. The molecule has 2 aromatic rings. The van der Waals surface area contributed by atoms with E-state index < -0.39 is 0 Å². The highest BCUT2D eigenvalue weighted by Gasteiger charge is 2.28. The number of anilines is 1. The van der Waals surface area contributed by atoms with Crippen LogP contribution < -0.4 is 10.2 Å². The fraction of sp³-hybridized carbons (Fsp3) is 0.529. The molecule has 1 aliphatic rings. The largest absolute Gasteiger partial charge is 0.464 e. The van der Waals surface area contributed by atoms with Crippen LogP contribution in [0.1, 0.15) is 33.6 Å². The number of carbonyl (C=O) groups excluding carboxylic acids is 1. The van der Waals surface area contributed by atoms with E-state index in [2.05, 4.69) is 15.2 Å². The molecule has 0 spiro atoms. The third kappa shape index (κ3) is 2.93. The molecule has 5 nitrogen and oxygen atoms in total. The van der Waals surface area contributed by atoms with Gasteiger partial charge in [-0.05, 0) is 25.0 Å². The molecule has 1 amide bonds. The number of amides is 1. The van der Waals surface area contributed by atoms with Crippen LogP contribution in [0, 0.1) is 5.41 Å². The number of furan rings is 1. The maximum absolute atomic E-state index is 12.2. The zero-order valence-electron chi connectivity index (χ0n) is 13.4. The minimum Gasteiger partial charge on any atom is -0.464 e. The summed E-state index contributed by atoms with van der Waals surface area (Å²) < 4.78 is 5.45. The lowest BCUT2D eigenvalue weighted by molar-refractivity contribution is -0.129. The Hall–Kier alpha value is -2.04. The Bertz CT molecular complexity index is 672. The number of nitrogens with one attached hydrogen (secondary N) is 1. The molecule has 0 radical (unpaired) electrons. The first-order valence-corrected chi connectivity index (χ1v) is 7.83. The Morgan fingerprint density at radius 1 is 1.41 bits per heavy atom. The number of hydrogen-bond donors (Lipinski definition) is 1. The van der Waals surface area contributed by atoms with E-state index in [9.17, 15) is 4.79 Å². The second-order valence-corrected chi connectivity index (χ2v) is 6.98. The topological polar surface area (TPSA) is 58.4 Å². The van der Waals surface area contributed by atoms with Gasteiger partial charge in [0.2, 0.25) is 5.91 Å². The van der Waals surface area contributed by atoms with Crippen molar-refractivity contribution in [2.45, 2.75) is 39.7 Å². The first-order chi connectivity index (χ1) is 10.4. The van der Waals surface area contributed by atoms with E-state index in [0.29, 0.717) is 0 Å². The number of piperidine rings is 1. The zero-order valence-corrected chi connectivity index (χ0v) is 13.4. The molecule has 0 aliphatic carbocycles. The van der Waals surface area contributed by atoms with Gasteiger partial charge in [-0.15, -0.1) is 0 Å². The molecule has 1 unspecified atom stereocenters. The number of carbonyl (C=O) groups is 1. The van der Waals surface area contributed by atoms with E-state index in [0.717, 1.165) is 42.7 Å². The second kappa shape index (κ2) is 5.63. The van der Waals surface area contributed by atoms with Crippen molar-refractivity contribution in [1.82, 2.24) is 10.3 Å². The van der Waals surface area contributed by atoms with Gasteiger partial charge in [-0.2, -0.15) is 0 Å². The fourth-order valence-electron chi connectivity index (χ4n) is 2.82. The molecule has 3 rings (SSSR count). The monoisotopic (exact) mass is 301 g/mol. The van der Waals surface area contributed by atoms with Crippen molar-refractivity contribution in [3.8, 4) is 0 Å². The van der Waals surface area contributed by atoms with Crippen LogP contribution in [0.5, 0.6) is 0 Å². The normalized spacial score (nSPS) is 19.4. The van der Waals surface area contributed by atoms with Gasteiger partial charge in [0.25, 0.3) is 0 Å². The first-order valence-electron chi connectivity index (χ1n) is 7.83. The molecule has 2 aromatic heterocycles. The van der Waals surface area contributed by atoms with E-state index in [4.69, 9.17) is 4.42 Å². The van der Waals surface area contributed by atoms with Gasteiger partial charge >= 0.3 is 0 Å². The molecule has 0 aromatic carbocycles. The summed E-state index contributed by atoms with van der Waals surface area (Å²) in [5.41, 5.74) is 0.497. The molecule has 0 bridgehead atoms. The molecule has 1 saturated heterocycles. The van der Waals surface area contributed by atoms with E-state index in [-0.39, 0.29) is 17.4 Å². The predicted molar refractivity (Wildman–Crippen MR) is 86.8 cm³/mol. The Labute approximate surface area is 130 Å². The molecular formula is C17H23N3O2. The van der Waals surface area contributed by atoms with Gasteiger partial charge < -0.3 is 14.6 Å². The SMILES string of the molecule is CC(C)(C)C(=O)NC1CCCN(c2nccc3occc23)C1. The van der Waals surface area contributed by atoms with Crippen LogP contribution in [0.2, 0.25) is 0 Å². The van der Waals surface area contributed by atoms with Gasteiger partial charge in [0, 0.05) is 30.7 Å². The van der Waals surface area contributed by atoms with Gasteiger partial charge in [0.15, 0.2) is 0 Å². The number of fused-ring (bicyclic) bond motifs is 1. The van der Waals surface area contributed by atoms with E-state index >= 15 is 0 Å². The van der Waals surface area contributed by atoms with Gasteiger partial charge in [0.05, 0.1) is 11.6 Å². The number of nitrogens with zero attached hydrogens (tertiary/aromatic N) is 2. The highest BCUT2D eigenvalue weighted by molar-refractivity contribution is 5.88. The molecule has 3 heterocycles. The van der Waals surface area contributed by atoms with E-state index in [1.807, 2.05) is 32.9 Å². The summed E-state index contributed by atoms with van der Waals surface area (Å²) in [6.07, 6.45) is 5.53. The van der Waals surface area contributed by atoms with Gasteiger partial charge in [-0.25, -0.2) is 4.98 Å². The third-order valence-corrected chi connectivity index (χ3v) is 4.10. The summed E-state index contributed by atoms with van der Waals surface area (Å²) in [5, 5.41) is 4.20. The van der Waals surface area contributed by atoms with Crippen molar-refractivity contribution in [1.29, 1.82) is 0 Å². The molecule has 1 aliphatic heterocycles. The number of hydrogen-bond acceptors (Lipinski definition) is 4. The molecule has 22 heavy (non-hydrogen) atoms. The van der Waals surface area contributed by atoms with Crippen molar-refractivity contribution >= 4 is 22.7 Å². The van der Waals surface area contributed by atoms with Gasteiger partial charge in [-0.3, -0.25) is 4.79 Å². The average Bonchev–Trinajstić information content (AvgIpc) is 2.94. The van der Waals surface area contributed by atoms with Crippen molar-refractivity contribution < 1.29 is 9.21 Å². The van der Waals surface area contributed by atoms with E-state index in [1.165, 1.54) is 0 Å². The summed E-state index contributed by atoms with van der Waals surface area (Å²) >= 11 is 0. The molecule has 1 fully saturated rings. The quantitative estimate of drug-likeness (QED) is 0.926. The van der Waals surface area contributed by atoms with Gasteiger partial charge in [0.1, 0.15) is 11.4 Å². The Kier molecular flexibility index (Phi) is 3.81. The van der Waals surface area contributed by atoms with Crippen molar-refractivity contribution in [3.05, 3.63) is 24.6 Å². The van der Waals surface area contributed by atoms with Crippen LogP contribution in [0.4, 0.5) is 5.82 Å². The fourth-order valence-corrected chi connectivity index (χ4v) is 2.82. The number of pyridine rings is 1. The Morgan fingerprint density at radius 2 is 2.23 bits per heavy atom. The molecule has 1 atom stereocenters. The molecule has 0 saturated carbocycles. The average molecular weight is 301 g/mol. The Balaban J connectivity index is 1.76. The summed E-state index contributed by atoms with van der Waals surface area (Å²) in [5.74, 6) is 1.05. The lowest BCUT2D eigenvalue weighted by atomic mass is 9.94. The number of rotatable bonds is 2. The number of aromatic nitrogens is 1. The summed E-state index contributed by atoms with van der Waals surface area (Å²) in [4.78, 5) is 19.0. The van der Waals surface area contributed by atoms with Crippen LogP contribution in [-0.2, 0) is 4.79 Å². The highest BCUT2D eigenvalue weighted by atomic mass is 16.3. The molecular weight excluding hydrogens is 278 g/mol. The Morgan fingerprint density at radius 3 is 3.00 bits per heavy atom. The van der Waals surface area contributed by atoms with Crippen LogP contribution in [0.15, 0.2) is 29.0 Å². The van der Waals surface area contributed by atoms with Crippen LogP contribution in [-0.4, -0.2) is 30.0 Å². The smallest absolute Gasteiger partial charge is 0.225 e. The van der Waals surface area contributed by atoms with Crippen molar-refractivity contribution in [2.75, 3.05) is 18.0 Å². The van der Waals surface area contributed by atoms with Crippen molar-refractivity contribution in [3.63, 3.8) is 0 Å².